The predicted octanol–water partition coefficient (Wildman–Crippen LogP) is 3.50. The highest BCUT2D eigenvalue weighted by Crippen LogP contribution is 2.37. The van der Waals surface area contributed by atoms with E-state index in [0.29, 0.717) is 26.1 Å². The molecular formula is C22H28N2O3S. The molecule has 2 heterocycles. The Labute approximate surface area is 170 Å². The van der Waals surface area contributed by atoms with Crippen LogP contribution in [-0.2, 0) is 20.7 Å². The van der Waals surface area contributed by atoms with Gasteiger partial charge in [0.05, 0.1) is 12.6 Å². The van der Waals surface area contributed by atoms with E-state index in [2.05, 4.69) is 23.6 Å². The van der Waals surface area contributed by atoms with Crippen LogP contribution in [0.5, 0.6) is 0 Å². The Balaban J connectivity index is 1.81. The Morgan fingerprint density at radius 3 is 2.75 bits per heavy atom. The number of carbonyl (C=O) groups excluding carboxylic acids is 2. The standard InChI is InChI=1S/C22H28N2O3S/c1-3-20(25)23(12-7-14-27-2)16-21(26)24-13-10-19-18(11-15-28-19)22(24)17-8-5-4-6-9-17/h4-6,8-9,11,15,22H,3,7,10,12-14,16H2,1-2H3/t22-/m1/s1. The molecule has 0 bridgehead atoms. The predicted molar refractivity (Wildman–Crippen MR) is 111 cm³/mol. The van der Waals surface area contributed by atoms with Crippen molar-refractivity contribution in [2.45, 2.75) is 32.2 Å². The van der Waals surface area contributed by atoms with Crippen LogP contribution in [0.3, 0.4) is 0 Å². The molecule has 0 unspecified atom stereocenters. The van der Waals surface area contributed by atoms with Gasteiger partial charge in [-0.2, -0.15) is 0 Å². The van der Waals surface area contributed by atoms with Crippen LogP contribution < -0.4 is 0 Å². The summed E-state index contributed by atoms with van der Waals surface area (Å²) in [6.07, 6.45) is 2.00. The highest BCUT2D eigenvalue weighted by molar-refractivity contribution is 7.10. The molecule has 1 aromatic heterocycles. The van der Waals surface area contributed by atoms with Gasteiger partial charge in [0.1, 0.15) is 0 Å². The molecule has 2 aromatic rings. The maximum Gasteiger partial charge on any atom is 0.242 e. The lowest BCUT2D eigenvalue weighted by molar-refractivity contribution is -0.141. The van der Waals surface area contributed by atoms with Gasteiger partial charge in [-0.15, -0.1) is 11.3 Å². The van der Waals surface area contributed by atoms with Gasteiger partial charge < -0.3 is 14.5 Å². The fourth-order valence-corrected chi connectivity index (χ4v) is 4.65. The van der Waals surface area contributed by atoms with E-state index in [9.17, 15) is 9.59 Å². The van der Waals surface area contributed by atoms with Crippen LogP contribution in [0.4, 0.5) is 0 Å². The first-order chi connectivity index (χ1) is 13.7. The number of rotatable bonds is 8. The van der Waals surface area contributed by atoms with Gasteiger partial charge in [-0.25, -0.2) is 0 Å². The molecule has 3 rings (SSSR count). The third-order valence-corrected chi connectivity index (χ3v) is 6.16. The Bertz CT molecular complexity index is 790. The van der Waals surface area contributed by atoms with Gasteiger partial charge in [0.15, 0.2) is 0 Å². The van der Waals surface area contributed by atoms with Gasteiger partial charge >= 0.3 is 0 Å². The minimum absolute atomic E-state index is 0.00456. The lowest BCUT2D eigenvalue weighted by Gasteiger charge is -2.37. The largest absolute Gasteiger partial charge is 0.385 e. The summed E-state index contributed by atoms with van der Waals surface area (Å²) in [4.78, 5) is 30.6. The molecule has 0 saturated heterocycles. The molecule has 1 aliphatic heterocycles. The summed E-state index contributed by atoms with van der Waals surface area (Å²) in [6, 6.07) is 12.2. The summed E-state index contributed by atoms with van der Waals surface area (Å²) in [6.45, 7) is 3.76. The van der Waals surface area contributed by atoms with Crippen LogP contribution in [0.15, 0.2) is 41.8 Å². The van der Waals surface area contributed by atoms with Crippen molar-refractivity contribution in [1.29, 1.82) is 0 Å². The second kappa shape index (κ2) is 9.85. The van der Waals surface area contributed by atoms with E-state index >= 15 is 0 Å². The quantitative estimate of drug-likeness (QED) is 0.637. The monoisotopic (exact) mass is 400 g/mol. The Morgan fingerprint density at radius 2 is 2.04 bits per heavy atom. The average Bonchev–Trinajstić information content (AvgIpc) is 3.21. The molecule has 5 nitrogen and oxygen atoms in total. The highest BCUT2D eigenvalue weighted by atomic mass is 32.1. The molecule has 1 aromatic carbocycles. The normalized spacial score (nSPS) is 15.9. The number of fused-ring (bicyclic) bond motifs is 1. The van der Waals surface area contributed by atoms with E-state index < -0.39 is 0 Å². The number of hydrogen-bond acceptors (Lipinski definition) is 4. The Kier molecular flexibility index (Phi) is 7.23. The number of ether oxygens (including phenoxy) is 1. The Morgan fingerprint density at radius 1 is 1.25 bits per heavy atom. The van der Waals surface area contributed by atoms with Gasteiger partial charge in [-0.1, -0.05) is 37.3 Å². The topological polar surface area (TPSA) is 49.9 Å². The number of nitrogens with zero attached hydrogens (tertiary/aromatic N) is 2. The van der Waals surface area contributed by atoms with Gasteiger partial charge in [0.2, 0.25) is 11.8 Å². The average molecular weight is 401 g/mol. The third kappa shape index (κ3) is 4.62. The summed E-state index contributed by atoms with van der Waals surface area (Å²) in [5, 5.41) is 2.10. The fourth-order valence-electron chi connectivity index (χ4n) is 3.75. The maximum absolute atomic E-state index is 13.3. The first-order valence-electron chi connectivity index (χ1n) is 9.83. The lowest BCUT2D eigenvalue weighted by Crippen LogP contribution is -2.47. The van der Waals surface area contributed by atoms with E-state index in [1.165, 1.54) is 10.4 Å². The van der Waals surface area contributed by atoms with Crippen LogP contribution in [0, 0.1) is 0 Å². The summed E-state index contributed by atoms with van der Waals surface area (Å²) in [5.41, 5.74) is 2.33. The zero-order chi connectivity index (χ0) is 19.9. The SMILES string of the molecule is CCC(=O)N(CCCOC)CC(=O)N1CCc2sccc2[C@H]1c1ccccc1. The van der Waals surface area contributed by atoms with E-state index in [4.69, 9.17) is 4.74 Å². The first kappa shape index (κ1) is 20.6. The van der Waals surface area contributed by atoms with Crippen LogP contribution in [0.2, 0.25) is 0 Å². The van der Waals surface area contributed by atoms with Crippen molar-refractivity contribution < 1.29 is 14.3 Å². The number of carbonyl (C=O) groups is 2. The van der Waals surface area contributed by atoms with Gasteiger partial charge in [0.25, 0.3) is 0 Å². The zero-order valence-electron chi connectivity index (χ0n) is 16.6. The number of thiophene rings is 1. The maximum atomic E-state index is 13.3. The summed E-state index contributed by atoms with van der Waals surface area (Å²) in [7, 11) is 1.65. The second-order valence-electron chi connectivity index (χ2n) is 6.96. The molecule has 1 atom stereocenters. The van der Waals surface area contributed by atoms with Crippen LogP contribution in [-0.4, -0.2) is 55.0 Å². The van der Waals surface area contributed by atoms with Gasteiger partial charge in [0, 0.05) is 38.1 Å². The smallest absolute Gasteiger partial charge is 0.242 e. The molecule has 0 spiro atoms. The van der Waals surface area contributed by atoms with Crippen molar-refractivity contribution in [2.75, 3.05) is 33.4 Å². The molecule has 6 heteroatoms. The second-order valence-corrected chi connectivity index (χ2v) is 7.97. The molecule has 1 aliphatic rings. The molecule has 0 fully saturated rings. The summed E-state index contributed by atoms with van der Waals surface area (Å²) in [5.74, 6) is 0.0128. The summed E-state index contributed by atoms with van der Waals surface area (Å²) < 4.78 is 5.10. The van der Waals surface area contributed by atoms with Crippen molar-refractivity contribution in [3.63, 3.8) is 0 Å². The van der Waals surface area contributed by atoms with Gasteiger partial charge in [-0.05, 0) is 35.4 Å². The lowest BCUT2D eigenvalue weighted by atomic mass is 9.93. The molecule has 28 heavy (non-hydrogen) atoms. The van der Waals surface area contributed by atoms with Crippen molar-refractivity contribution >= 4 is 23.2 Å². The Hall–Kier alpha value is -2.18. The van der Waals surface area contributed by atoms with E-state index in [1.54, 1.807) is 23.3 Å². The minimum atomic E-state index is -0.0822. The van der Waals surface area contributed by atoms with Crippen LogP contribution in [0.1, 0.15) is 41.8 Å². The molecule has 0 N–H and O–H groups in total. The fraction of sp³-hybridized carbons (Fsp3) is 0.455. The number of benzene rings is 1. The summed E-state index contributed by atoms with van der Waals surface area (Å²) >= 11 is 1.76. The van der Waals surface area contributed by atoms with Crippen LogP contribution >= 0.6 is 11.3 Å². The number of amides is 2. The molecule has 2 amide bonds. The van der Waals surface area contributed by atoms with Crippen molar-refractivity contribution in [2.24, 2.45) is 0 Å². The van der Waals surface area contributed by atoms with Crippen LogP contribution in [0.25, 0.3) is 0 Å². The van der Waals surface area contributed by atoms with E-state index in [-0.39, 0.29) is 24.4 Å². The van der Waals surface area contributed by atoms with Crippen molar-refractivity contribution in [3.8, 4) is 0 Å². The van der Waals surface area contributed by atoms with Gasteiger partial charge in [-0.3, -0.25) is 9.59 Å². The van der Waals surface area contributed by atoms with E-state index in [0.717, 1.165) is 18.4 Å². The van der Waals surface area contributed by atoms with Crippen molar-refractivity contribution in [1.82, 2.24) is 9.80 Å². The number of hydrogen-bond donors (Lipinski definition) is 0. The molecule has 0 saturated carbocycles. The van der Waals surface area contributed by atoms with E-state index in [1.807, 2.05) is 30.0 Å². The highest BCUT2D eigenvalue weighted by Gasteiger charge is 2.33. The molecule has 0 aliphatic carbocycles. The van der Waals surface area contributed by atoms with Crippen molar-refractivity contribution in [3.05, 3.63) is 57.8 Å². The first-order valence-corrected chi connectivity index (χ1v) is 10.7. The number of methoxy groups -OCH3 is 1. The zero-order valence-corrected chi connectivity index (χ0v) is 17.4. The molecule has 150 valence electrons. The molecular weight excluding hydrogens is 372 g/mol. The third-order valence-electron chi connectivity index (χ3n) is 5.16. The molecule has 0 radical (unpaired) electrons. The minimum Gasteiger partial charge on any atom is -0.385 e.